The molecule has 0 N–H and O–H groups in total. The first-order valence-corrected chi connectivity index (χ1v) is 17.7. The topological polar surface area (TPSA) is 0 Å². The fraction of sp³-hybridized carbons (Fsp3) is 1.00. The van der Waals surface area contributed by atoms with Crippen molar-refractivity contribution < 1.29 is 17.0 Å². The van der Waals surface area contributed by atoms with Crippen LogP contribution in [0.2, 0.25) is 0 Å². The quantitative estimate of drug-likeness (QED) is 0.293. The summed E-state index contributed by atoms with van der Waals surface area (Å²) in [7, 11) is 0. The fourth-order valence-corrected chi connectivity index (χ4v) is 53.8. The Balaban J connectivity index is 6.06. The second-order valence-electron chi connectivity index (χ2n) is 8.55. The molecular formula is C18H44P2Pd. The van der Waals surface area contributed by atoms with Crippen LogP contribution in [-0.4, -0.2) is 34.0 Å². The fourth-order valence-electron chi connectivity index (χ4n) is 4.78. The average molecular weight is 429 g/mol. The molecule has 0 amide bonds. The summed E-state index contributed by atoms with van der Waals surface area (Å²) >= 11 is 1.06. The average Bonchev–Trinajstić information content (AvgIpc) is 2.26. The van der Waals surface area contributed by atoms with Crippen molar-refractivity contribution in [1.29, 1.82) is 0 Å². The van der Waals surface area contributed by atoms with Crippen molar-refractivity contribution in [2.24, 2.45) is 0 Å². The molecule has 0 unspecified atom stereocenters. The van der Waals surface area contributed by atoms with E-state index in [9.17, 15) is 0 Å². The molecule has 3 heteroatoms. The van der Waals surface area contributed by atoms with Gasteiger partial charge in [-0.05, 0) is 0 Å². The molecule has 0 saturated carbocycles. The number of hydrogen-bond acceptors (Lipinski definition) is 0. The Morgan fingerprint density at radius 2 is 0.524 bits per heavy atom. The van der Waals surface area contributed by atoms with Gasteiger partial charge in [0.15, 0.2) is 0 Å². The Kier molecular flexibility index (Phi) is 9.19. The van der Waals surface area contributed by atoms with E-state index in [0.29, 0.717) is 0 Å². The molecular weight excluding hydrogens is 385 g/mol. The first-order valence-electron chi connectivity index (χ1n) is 8.98. The molecule has 0 atom stereocenters. The maximum absolute atomic E-state index is 2.55. The van der Waals surface area contributed by atoms with Gasteiger partial charge in [0.2, 0.25) is 0 Å². The van der Waals surface area contributed by atoms with Crippen molar-refractivity contribution in [3.05, 3.63) is 0 Å². The molecule has 0 aromatic heterocycles. The van der Waals surface area contributed by atoms with Gasteiger partial charge >= 0.3 is 145 Å². The maximum atomic E-state index is 2.55. The van der Waals surface area contributed by atoms with Crippen LogP contribution < -0.4 is 0 Å². The third kappa shape index (κ3) is 4.33. The van der Waals surface area contributed by atoms with Gasteiger partial charge < -0.3 is 0 Å². The third-order valence-electron chi connectivity index (χ3n) is 5.37. The van der Waals surface area contributed by atoms with E-state index in [2.05, 4.69) is 83.1 Å². The van der Waals surface area contributed by atoms with Crippen molar-refractivity contribution in [2.75, 3.05) is 0 Å². The molecule has 0 aliphatic rings. The molecule has 0 saturated heterocycles. The Bertz CT molecular complexity index is 233. The molecule has 0 radical (unpaired) electrons. The van der Waals surface area contributed by atoms with E-state index >= 15 is 0 Å². The van der Waals surface area contributed by atoms with E-state index in [0.717, 1.165) is 50.9 Å². The van der Waals surface area contributed by atoms with Crippen LogP contribution in [0.3, 0.4) is 0 Å². The van der Waals surface area contributed by atoms with Crippen LogP contribution in [0.4, 0.5) is 0 Å². The van der Waals surface area contributed by atoms with Gasteiger partial charge in [-0.3, -0.25) is 0 Å². The van der Waals surface area contributed by atoms with Crippen molar-refractivity contribution in [3.8, 4) is 0 Å². The van der Waals surface area contributed by atoms with E-state index in [1.807, 2.05) is 0 Å². The first-order chi connectivity index (χ1) is 9.37. The minimum absolute atomic E-state index is 0.926. The zero-order valence-corrected chi connectivity index (χ0v) is 20.3. The summed E-state index contributed by atoms with van der Waals surface area (Å²) in [6.45, 7) is 30.6. The minimum atomic E-state index is -1.24. The predicted octanol–water partition coefficient (Wildman–Crippen LogP) is 6.85. The Hall–Kier alpha value is 1.52. The SMILES string of the molecule is CC(C)[PH]([Pd][PH](C(C)C)(C(C)C)C(C)C)(C(C)C)C(C)C. The van der Waals surface area contributed by atoms with Crippen molar-refractivity contribution in [2.45, 2.75) is 117 Å². The number of rotatable bonds is 8. The van der Waals surface area contributed by atoms with Crippen LogP contribution in [0, 0.1) is 0 Å². The summed E-state index contributed by atoms with van der Waals surface area (Å²) in [5.41, 5.74) is 3.07. The Morgan fingerprint density at radius 1 is 0.381 bits per heavy atom. The van der Waals surface area contributed by atoms with Crippen LogP contribution in [0.1, 0.15) is 83.1 Å². The van der Waals surface area contributed by atoms with E-state index in [-0.39, 0.29) is 0 Å². The third-order valence-corrected chi connectivity index (χ3v) is 46.0. The predicted molar refractivity (Wildman–Crippen MR) is 107 cm³/mol. The van der Waals surface area contributed by atoms with Gasteiger partial charge in [0.05, 0.1) is 0 Å². The molecule has 0 heterocycles. The van der Waals surface area contributed by atoms with Crippen LogP contribution in [0.15, 0.2) is 0 Å². The van der Waals surface area contributed by atoms with Crippen molar-refractivity contribution in [3.63, 3.8) is 0 Å². The molecule has 0 nitrogen and oxygen atoms in total. The molecule has 0 aliphatic carbocycles. The summed E-state index contributed by atoms with van der Waals surface area (Å²) in [6.07, 6.45) is 0. The van der Waals surface area contributed by atoms with Gasteiger partial charge in [-0.15, -0.1) is 0 Å². The molecule has 0 fully saturated rings. The van der Waals surface area contributed by atoms with Gasteiger partial charge in [-0.1, -0.05) is 0 Å². The van der Waals surface area contributed by atoms with Crippen LogP contribution >= 0.6 is 10.9 Å². The summed E-state index contributed by atoms with van der Waals surface area (Å²) in [6, 6.07) is 0. The second kappa shape index (κ2) is 8.57. The molecule has 0 rings (SSSR count). The van der Waals surface area contributed by atoms with Gasteiger partial charge in [-0.25, -0.2) is 0 Å². The molecule has 0 aromatic carbocycles. The van der Waals surface area contributed by atoms with Gasteiger partial charge in [-0.2, -0.15) is 0 Å². The van der Waals surface area contributed by atoms with Crippen molar-refractivity contribution in [1.82, 2.24) is 0 Å². The zero-order chi connectivity index (χ0) is 17.2. The summed E-state index contributed by atoms with van der Waals surface area (Å²) in [4.78, 5) is 0. The van der Waals surface area contributed by atoms with Gasteiger partial charge in [0.1, 0.15) is 0 Å². The van der Waals surface area contributed by atoms with Crippen LogP contribution in [-0.2, 0) is 17.0 Å². The monoisotopic (exact) mass is 428 g/mol. The summed E-state index contributed by atoms with van der Waals surface area (Å²) < 4.78 is 0. The molecule has 0 spiro atoms. The second-order valence-corrected chi connectivity index (χ2v) is 30.8. The molecule has 136 valence electrons. The van der Waals surface area contributed by atoms with E-state index in [1.165, 1.54) is 0 Å². The van der Waals surface area contributed by atoms with Gasteiger partial charge in [0.25, 0.3) is 0 Å². The van der Waals surface area contributed by atoms with E-state index < -0.39 is 10.9 Å². The number of hydrogen-bond donors (Lipinski definition) is 0. The van der Waals surface area contributed by atoms with Crippen molar-refractivity contribution >= 4 is 10.9 Å². The Labute approximate surface area is 144 Å². The Morgan fingerprint density at radius 3 is 0.619 bits per heavy atom. The van der Waals surface area contributed by atoms with Gasteiger partial charge in [0, 0.05) is 0 Å². The summed E-state index contributed by atoms with van der Waals surface area (Å²) in [5, 5.41) is 0. The molecule has 0 aliphatic heterocycles. The van der Waals surface area contributed by atoms with E-state index in [4.69, 9.17) is 0 Å². The molecule has 0 aromatic rings. The van der Waals surface area contributed by atoms with Crippen LogP contribution in [0.5, 0.6) is 0 Å². The summed E-state index contributed by atoms with van der Waals surface area (Å²) in [5.74, 6) is 0. The standard InChI is InChI=1S/2C9H21P.Pd/c2*1-7(2)10(8(3)4)9(5)6;/h2*7-9H,1-6H3;/q;;-2/p+2. The normalized spacial score (nSPS) is 16.3. The zero-order valence-electron chi connectivity index (χ0n) is 16.8. The first kappa shape index (κ1) is 22.5. The molecule has 21 heavy (non-hydrogen) atoms. The van der Waals surface area contributed by atoms with Crippen LogP contribution in [0.25, 0.3) is 0 Å². The molecule has 0 bridgehead atoms. The van der Waals surface area contributed by atoms with E-state index in [1.54, 1.807) is 0 Å².